The molecule has 0 spiro atoms. The van der Waals surface area contributed by atoms with E-state index in [0.717, 1.165) is 0 Å². The maximum atomic E-state index is 9.64. The lowest BCUT2D eigenvalue weighted by Crippen LogP contribution is -2.06. The standard InChI is InChI=1S/C4H6O4.C3H8N2/c5-3(6)1-2-4(7)8;1-2-3(4)5/h1-2H2,(H,5,6)(H,7,8);2H,4-5H2,1H3. The lowest BCUT2D eigenvalue weighted by molar-refractivity contribution is -0.143. The number of rotatable bonds is 3. The van der Waals surface area contributed by atoms with Crippen LogP contribution in [0.25, 0.3) is 0 Å². The third kappa shape index (κ3) is 25.3. The molecule has 76 valence electrons. The monoisotopic (exact) mass is 190 g/mol. The molecule has 0 saturated heterocycles. The van der Waals surface area contributed by atoms with Gasteiger partial charge >= 0.3 is 11.9 Å². The van der Waals surface area contributed by atoms with Crippen LogP contribution in [0.1, 0.15) is 19.8 Å². The summed E-state index contributed by atoms with van der Waals surface area (Å²) in [5.74, 6) is -1.77. The van der Waals surface area contributed by atoms with Crippen LogP contribution in [0.4, 0.5) is 0 Å². The average Bonchev–Trinajstić information content (AvgIpc) is 2.02. The molecule has 0 heterocycles. The zero-order valence-electron chi connectivity index (χ0n) is 7.36. The number of carboxylic acid groups (broad SMARTS) is 2. The van der Waals surface area contributed by atoms with Crippen molar-refractivity contribution in [1.29, 1.82) is 0 Å². The fourth-order valence-corrected chi connectivity index (χ4v) is 0.214. The van der Waals surface area contributed by atoms with E-state index in [4.69, 9.17) is 21.7 Å². The Balaban J connectivity index is 0. The SMILES string of the molecule is CC=C(N)N.O=C(O)CCC(=O)O. The molecule has 0 atom stereocenters. The van der Waals surface area contributed by atoms with Crippen LogP contribution in [0.5, 0.6) is 0 Å². The summed E-state index contributed by atoms with van der Waals surface area (Å²) in [6.07, 6.45) is 1.05. The van der Waals surface area contributed by atoms with Gasteiger partial charge in [-0.15, -0.1) is 0 Å². The molecular formula is C7H14N2O4. The molecule has 0 radical (unpaired) electrons. The van der Waals surface area contributed by atoms with Crippen molar-refractivity contribution in [3.05, 3.63) is 11.9 Å². The van der Waals surface area contributed by atoms with Gasteiger partial charge in [-0.3, -0.25) is 9.59 Å². The Hall–Kier alpha value is -1.72. The number of hydrogen-bond donors (Lipinski definition) is 4. The van der Waals surface area contributed by atoms with E-state index in [1.54, 1.807) is 13.0 Å². The molecule has 0 aliphatic carbocycles. The first-order valence-corrected chi connectivity index (χ1v) is 3.51. The molecule has 0 rings (SSSR count). The van der Waals surface area contributed by atoms with E-state index >= 15 is 0 Å². The molecule has 0 aliphatic heterocycles. The van der Waals surface area contributed by atoms with E-state index in [9.17, 15) is 9.59 Å². The largest absolute Gasteiger partial charge is 0.481 e. The van der Waals surface area contributed by atoms with E-state index in [2.05, 4.69) is 0 Å². The van der Waals surface area contributed by atoms with Crippen molar-refractivity contribution in [3.8, 4) is 0 Å². The predicted octanol–water partition coefficient (Wildman–Crippen LogP) is -0.299. The van der Waals surface area contributed by atoms with Gasteiger partial charge in [-0.05, 0) is 13.0 Å². The van der Waals surface area contributed by atoms with Crippen molar-refractivity contribution in [2.45, 2.75) is 19.8 Å². The minimum absolute atomic E-state index is 0.296. The second-order valence-electron chi connectivity index (χ2n) is 2.08. The van der Waals surface area contributed by atoms with Gasteiger partial charge in [0.15, 0.2) is 0 Å². The molecule has 0 bridgehead atoms. The molecule has 6 nitrogen and oxygen atoms in total. The summed E-state index contributed by atoms with van der Waals surface area (Å²) in [5, 5.41) is 15.8. The van der Waals surface area contributed by atoms with Crippen molar-refractivity contribution in [1.82, 2.24) is 0 Å². The van der Waals surface area contributed by atoms with E-state index < -0.39 is 11.9 Å². The summed E-state index contributed by atoms with van der Waals surface area (Å²) in [7, 11) is 0. The van der Waals surface area contributed by atoms with Gasteiger partial charge in [0.2, 0.25) is 0 Å². The first kappa shape index (κ1) is 13.8. The summed E-state index contributed by atoms with van der Waals surface area (Å²) in [4.78, 5) is 19.3. The quantitative estimate of drug-likeness (QED) is 0.484. The zero-order valence-corrected chi connectivity index (χ0v) is 7.36. The highest BCUT2D eigenvalue weighted by Gasteiger charge is 2.00. The van der Waals surface area contributed by atoms with E-state index in [1.807, 2.05) is 0 Å². The number of aliphatic carboxylic acids is 2. The van der Waals surface area contributed by atoms with E-state index in [0.29, 0.717) is 5.82 Å². The summed E-state index contributed by atoms with van der Waals surface area (Å²) in [6.45, 7) is 1.79. The maximum Gasteiger partial charge on any atom is 0.303 e. The Kier molecular flexibility index (Phi) is 8.92. The first-order chi connectivity index (χ1) is 5.90. The molecule has 0 amide bonds. The lowest BCUT2D eigenvalue weighted by atomic mass is 10.3. The Morgan fingerprint density at radius 2 is 1.38 bits per heavy atom. The lowest BCUT2D eigenvalue weighted by Gasteiger charge is -1.85. The molecule has 0 aliphatic rings. The number of hydrogen-bond acceptors (Lipinski definition) is 4. The van der Waals surface area contributed by atoms with Crippen LogP contribution >= 0.6 is 0 Å². The molecule has 0 aromatic carbocycles. The Morgan fingerprint density at radius 1 is 1.15 bits per heavy atom. The molecule has 6 N–H and O–H groups in total. The molecule has 0 aromatic rings. The second-order valence-corrected chi connectivity index (χ2v) is 2.08. The summed E-state index contributed by atoms with van der Waals surface area (Å²) in [5.41, 5.74) is 9.86. The Labute approximate surface area is 75.8 Å². The second kappa shape index (κ2) is 8.38. The van der Waals surface area contributed by atoms with Crippen molar-refractivity contribution >= 4 is 11.9 Å². The summed E-state index contributed by atoms with van der Waals surface area (Å²) >= 11 is 0. The van der Waals surface area contributed by atoms with Gasteiger partial charge in [0.1, 0.15) is 0 Å². The fraction of sp³-hybridized carbons (Fsp3) is 0.429. The molecule has 0 saturated carbocycles. The van der Waals surface area contributed by atoms with Crippen LogP contribution < -0.4 is 11.5 Å². The van der Waals surface area contributed by atoms with Crippen LogP contribution in [-0.2, 0) is 9.59 Å². The minimum atomic E-state index is -1.08. The average molecular weight is 190 g/mol. The topological polar surface area (TPSA) is 127 Å². The number of carbonyl (C=O) groups is 2. The molecule has 0 fully saturated rings. The predicted molar refractivity (Wildman–Crippen MR) is 46.6 cm³/mol. The first-order valence-electron chi connectivity index (χ1n) is 3.51. The smallest absolute Gasteiger partial charge is 0.303 e. The minimum Gasteiger partial charge on any atom is -0.481 e. The van der Waals surface area contributed by atoms with Gasteiger partial charge in [0.05, 0.1) is 18.7 Å². The molecule has 6 heteroatoms. The van der Waals surface area contributed by atoms with Crippen LogP contribution in [0.15, 0.2) is 11.9 Å². The van der Waals surface area contributed by atoms with E-state index in [-0.39, 0.29) is 12.8 Å². The summed E-state index contributed by atoms with van der Waals surface area (Å²) < 4.78 is 0. The summed E-state index contributed by atoms with van der Waals surface area (Å²) in [6, 6.07) is 0. The van der Waals surface area contributed by atoms with Crippen LogP contribution in [0.3, 0.4) is 0 Å². The highest BCUT2D eigenvalue weighted by molar-refractivity contribution is 5.75. The fourth-order valence-electron chi connectivity index (χ4n) is 0.214. The van der Waals surface area contributed by atoms with Gasteiger partial charge in [0.25, 0.3) is 0 Å². The van der Waals surface area contributed by atoms with Gasteiger partial charge in [-0.1, -0.05) is 0 Å². The molecular weight excluding hydrogens is 176 g/mol. The molecule has 13 heavy (non-hydrogen) atoms. The molecule has 0 aromatic heterocycles. The van der Waals surface area contributed by atoms with Crippen molar-refractivity contribution in [2.24, 2.45) is 11.5 Å². The van der Waals surface area contributed by atoms with Crippen molar-refractivity contribution in [3.63, 3.8) is 0 Å². The number of nitrogens with two attached hydrogens (primary N) is 2. The number of carboxylic acids is 2. The third-order valence-electron chi connectivity index (χ3n) is 0.886. The third-order valence-corrected chi connectivity index (χ3v) is 0.886. The van der Waals surface area contributed by atoms with Crippen molar-refractivity contribution < 1.29 is 19.8 Å². The van der Waals surface area contributed by atoms with E-state index in [1.165, 1.54) is 0 Å². The molecule has 0 unspecified atom stereocenters. The maximum absolute atomic E-state index is 9.64. The van der Waals surface area contributed by atoms with Gasteiger partial charge in [-0.2, -0.15) is 0 Å². The van der Waals surface area contributed by atoms with Gasteiger partial charge in [0, 0.05) is 0 Å². The van der Waals surface area contributed by atoms with Crippen LogP contribution in [0, 0.1) is 0 Å². The zero-order chi connectivity index (χ0) is 10.9. The Morgan fingerprint density at radius 3 is 1.46 bits per heavy atom. The van der Waals surface area contributed by atoms with Crippen LogP contribution in [-0.4, -0.2) is 22.2 Å². The van der Waals surface area contributed by atoms with Gasteiger partial charge < -0.3 is 21.7 Å². The Bertz CT molecular complexity index is 183. The van der Waals surface area contributed by atoms with Crippen LogP contribution in [0.2, 0.25) is 0 Å². The normalized spacial score (nSPS) is 7.77. The number of allylic oxidation sites excluding steroid dienone is 1. The van der Waals surface area contributed by atoms with Crippen molar-refractivity contribution in [2.75, 3.05) is 0 Å². The van der Waals surface area contributed by atoms with Gasteiger partial charge in [-0.25, -0.2) is 0 Å². The highest BCUT2D eigenvalue weighted by atomic mass is 16.4. The highest BCUT2D eigenvalue weighted by Crippen LogP contribution is 1.86.